The Bertz CT molecular complexity index is 451. The molecule has 0 heterocycles. The summed E-state index contributed by atoms with van der Waals surface area (Å²) in [5.41, 5.74) is 5.31. The van der Waals surface area contributed by atoms with Gasteiger partial charge in [0.15, 0.2) is 0 Å². The van der Waals surface area contributed by atoms with Gasteiger partial charge in [0.1, 0.15) is 5.53 Å². The van der Waals surface area contributed by atoms with Crippen LogP contribution in [0.15, 0.2) is 29.4 Å². The number of carbonyl (C=O) groups is 1. The normalized spacial score (nSPS) is 10.4. The summed E-state index contributed by atoms with van der Waals surface area (Å²) in [6.45, 7) is 0. The van der Waals surface area contributed by atoms with E-state index in [4.69, 9.17) is 5.53 Å². The van der Waals surface area contributed by atoms with Gasteiger partial charge < -0.3 is 5.32 Å². The summed E-state index contributed by atoms with van der Waals surface area (Å²) in [5.74, 6) is 0. The fraction of sp³-hybridized carbons (Fsp3) is 0.125. The van der Waals surface area contributed by atoms with Crippen molar-refractivity contribution in [1.82, 2.24) is 4.91 Å². The van der Waals surface area contributed by atoms with Gasteiger partial charge in [0.25, 0.3) is 0 Å². The van der Waals surface area contributed by atoms with Crippen LogP contribution in [0.5, 0.6) is 0 Å². The highest BCUT2D eigenvalue weighted by molar-refractivity contribution is 5.89. The van der Waals surface area contributed by atoms with E-state index in [1.54, 1.807) is 0 Å². The minimum Gasteiger partial charge on any atom is -0.300 e. The zero-order chi connectivity index (χ0) is 12.2. The van der Waals surface area contributed by atoms with E-state index in [2.05, 4.69) is 10.0 Å². The highest BCUT2D eigenvalue weighted by Gasteiger charge is 2.30. The van der Waals surface area contributed by atoms with Gasteiger partial charge in [-0.2, -0.15) is 13.2 Å². The first-order valence-electron chi connectivity index (χ1n) is 3.99. The summed E-state index contributed by atoms with van der Waals surface area (Å²) in [6, 6.07) is 3.05. The highest BCUT2D eigenvalue weighted by Crippen LogP contribution is 2.30. The van der Waals surface area contributed by atoms with E-state index >= 15 is 0 Å². The topological polar surface area (TPSA) is 79.4 Å². The molecule has 84 valence electrons. The first-order valence-corrected chi connectivity index (χ1v) is 3.99. The van der Waals surface area contributed by atoms with E-state index in [1.807, 2.05) is 5.32 Å². The lowest BCUT2D eigenvalue weighted by atomic mass is 10.2. The lowest BCUT2D eigenvalue weighted by molar-refractivity contribution is -0.137. The molecule has 0 spiro atoms. The molecule has 0 aromatic heterocycles. The third-order valence-electron chi connectivity index (χ3n) is 1.58. The SMILES string of the molecule is N=[N+]=NC(=O)Nc1cccc(C(F)(F)F)c1. The molecule has 8 heteroatoms. The van der Waals surface area contributed by atoms with Gasteiger partial charge in [0.2, 0.25) is 10.0 Å². The first-order chi connectivity index (χ1) is 7.43. The molecule has 0 aliphatic carbocycles. The maximum atomic E-state index is 12.3. The minimum atomic E-state index is -4.47. The molecular formula is C8H6F3N4O+. The molecule has 1 aromatic carbocycles. The van der Waals surface area contributed by atoms with Gasteiger partial charge in [0.05, 0.1) is 5.56 Å². The van der Waals surface area contributed by atoms with Gasteiger partial charge in [-0.15, -0.1) is 0 Å². The molecule has 0 saturated heterocycles. The molecule has 0 bridgehead atoms. The van der Waals surface area contributed by atoms with Gasteiger partial charge >= 0.3 is 12.2 Å². The molecule has 0 atom stereocenters. The minimum absolute atomic E-state index is 0.0628. The van der Waals surface area contributed by atoms with Gasteiger partial charge in [-0.25, -0.2) is 4.79 Å². The van der Waals surface area contributed by atoms with Crippen LogP contribution in [-0.4, -0.2) is 6.03 Å². The maximum Gasteiger partial charge on any atom is 0.427 e. The average molecular weight is 231 g/mol. The summed E-state index contributed by atoms with van der Waals surface area (Å²) in [6.07, 6.45) is -4.47. The second-order valence-electron chi connectivity index (χ2n) is 2.71. The Balaban J connectivity index is 2.91. The van der Waals surface area contributed by atoms with E-state index < -0.39 is 17.8 Å². The highest BCUT2D eigenvalue weighted by atomic mass is 19.4. The van der Waals surface area contributed by atoms with Crippen LogP contribution in [0.25, 0.3) is 0 Å². The third-order valence-corrected chi connectivity index (χ3v) is 1.58. The number of anilines is 1. The third kappa shape index (κ3) is 3.18. The molecule has 16 heavy (non-hydrogen) atoms. The lowest BCUT2D eigenvalue weighted by Gasteiger charge is -2.07. The van der Waals surface area contributed by atoms with Crippen molar-refractivity contribution < 1.29 is 18.0 Å². The van der Waals surface area contributed by atoms with Crippen LogP contribution < -0.4 is 10.2 Å². The number of nitrogens with zero attached hydrogens (tertiary/aromatic N) is 2. The number of benzene rings is 1. The van der Waals surface area contributed by atoms with E-state index in [-0.39, 0.29) is 5.69 Å². The Morgan fingerprint density at radius 3 is 2.69 bits per heavy atom. The molecule has 2 N–H and O–H groups in total. The Morgan fingerprint density at radius 2 is 2.12 bits per heavy atom. The van der Waals surface area contributed by atoms with Crippen LogP contribution in [0, 0.1) is 5.53 Å². The Labute approximate surface area is 87.5 Å². The Hall–Kier alpha value is -2.21. The van der Waals surface area contributed by atoms with Gasteiger partial charge in [0, 0.05) is 5.69 Å². The molecule has 0 unspecified atom stereocenters. The Kier molecular flexibility index (Phi) is 3.37. The molecule has 0 aliphatic heterocycles. The molecule has 1 aromatic rings. The monoisotopic (exact) mass is 231 g/mol. The van der Waals surface area contributed by atoms with E-state index in [1.165, 1.54) is 6.07 Å². The van der Waals surface area contributed by atoms with Crippen LogP contribution in [-0.2, 0) is 6.18 Å². The van der Waals surface area contributed by atoms with Crippen LogP contribution >= 0.6 is 0 Å². The van der Waals surface area contributed by atoms with Gasteiger partial charge in [-0.3, -0.25) is 0 Å². The van der Waals surface area contributed by atoms with Crippen LogP contribution in [0.1, 0.15) is 5.56 Å². The number of hydrogen-bond donors (Lipinski definition) is 2. The zero-order valence-electron chi connectivity index (χ0n) is 7.75. The number of amides is 2. The van der Waals surface area contributed by atoms with Crippen molar-refractivity contribution in [3.63, 3.8) is 0 Å². The van der Waals surface area contributed by atoms with Crippen molar-refractivity contribution in [1.29, 1.82) is 5.53 Å². The van der Waals surface area contributed by atoms with Crippen molar-refractivity contribution in [3.8, 4) is 0 Å². The van der Waals surface area contributed by atoms with Crippen LogP contribution in [0.4, 0.5) is 23.7 Å². The number of rotatable bonds is 1. The number of hydrogen-bond acceptors (Lipinski definition) is 2. The fourth-order valence-electron chi connectivity index (χ4n) is 0.967. The molecule has 1 rings (SSSR count). The molecule has 5 nitrogen and oxygen atoms in total. The van der Waals surface area contributed by atoms with Crippen molar-refractivity contribution in [2.24, 2.45) is 5.11 Å². The Morgan fingerprint density at radius 1 is 1.44 bits per heavy atom. The predicted molar refractivity (Wildman–Crippen MR) is 47.7 cm³/mol. The smallest absolute Gasteiger partial charge is 0.300 e. The molecule has 0 fully saturated rings. The van der Waals surface area contributed by atoms with Gasteiger partial charge in [-0.1, -0.05) is 6.07 Å². The molecule has 0 radical (unpaired) electrons. The van der Waals surface area contributed by atoms with Crippen LogP contribution in [0.3, 0.4) is 0 Å². The number of halogens is 3. The second-order valence-corrected chi connectivity index (χ2v) is 2.71. The fourth-order valence-corrected chi connectivity index (χ4v) is 0.967. The summed E-state index contributed by atoms with van der Waals surface area (Å²) < 4.78 is 36.8. The first kappa shape index (κ1) is 11.9. The molecular weight excluding hydrogens is 225 g/mol. The van der Waals surface area contributed by atoms with Crippen molar-refractivity contribution in [2.45, 2.75) is 6.18 Å². The van der Waals surface area contributed by atoms with E-state index in [0.717, 1.165) is 18.2 Å². The summed E-state index contributed by atoms with van der Waals surface area (Å²) in [5, 5.41) is 4.81. The molecule has 0 aliphatic rings. The number of nitrogens with one attached hydrogen (secondary N) is 2. The maximum absolute atomic E-state index is 12.3. The van der Waals surface area contributed by atoms with Crippen molar-refractivity contribution in [2.75, 3.05) is 5.32 Å². The van der Waals surface area contributed by atoms with Crippen molar-refractivity contribution in [3.05, 3.63) is 29.8 Å². The van der Waals surface area contributed by atoms with E-state index in [9.17, 15) is 18.0 Å². The average Bonchev–Trinajstić information content (AvgIpc) is 2.17. The number of carbonyl (C=O) groups excluding carboxylic acids is 1. The number of urea groups is 1. The summed E-state index contributed by atoms with van der Waals surface area (Å²) in [4.78, 5) is 13.2. The molecule has 2 amide bonds. The number of alkyl halides is 3. The van der Waals surface area contributed by atoms with E-state index in [0.29, 0.717) is 0 Å². The van der Waals surface area contributed by atoms with Crippen LogP contribution in [0.2, 0.25) is 0 Å². The summed E-state index contributed by atoms with van der Waals surface area (Å²) >= 11 is 0. The quantitative estimate of drug-likeness (QED) is 0.565. The standard InChI is InChI=1S/C8H5F3N4O/c9-8(10,11)5-2-1-3-6(4-5)13-7(16)14-15-12/h1-4,12H/p+1. The van der Waals surface area contributed by atoms with Gasteiger partial charge in [-0.05, 0) is 18.2 Å². The zero-order valence-corrected chi connectivity index (χ0v) is 7.75. The van der Waals surface area contributed by atoms with Crippen molar-refractivity contribution >= 4 is 11.7 Å². The summed E-state index contributed by atoms with van der Waals surface area (Å²) in [7, 11) is 0. The second kappa shape index (κ2) is 4.54. The molecule has 0 saturated carbocycles. The predicted octanol–water partition coefficient (Wildman–Crippen LogP) is 2.79. The largest absolute Gasteiger partial charge is 0.427 e. The lowest BCUT2D eigenvalue weighted by Crippen LogP contribution is -2.09.